The van der Waals surface area contributed by atoms with Crippen LogP contribution < -0.4 is 0 Å². The molecule has 1 unspecified atom stereocenters. The molecule has 3 heteroatoms. The summed E-state index contributed by atoms with van der Waals surface area (Å²) >= 11 is 0. The number of para-hydroxylation sites is 1. The Morgan fingerprint density at radius 2 is 1.12 bits per heavy atom. The number of furan rings is 2. The van der Waals surface area contributed by atoms with Crippen molar-refractivity contribution in [3.8, 4) is 22.3 Å². The molecule has 0 amide bonds. The fourth-order valence-corrected chi connectivity index (χ4v) is 9.55. The minimum absolute atomic E-state index is 0.121. The molecule has 1 aliphatic rings. The second kappa shape index (κ2) is 14.9. The van der Waals surface area contributed by atoms with Gasteiger partial charge in [-0.1, -0.05) is 158 Å². The first-order valence-electron chi connectivity index (χ1n) is 21.1. The number of aliphatic imine (C=N–C) groups is 1. The van der Waals surface area contributed by atoms with Crippen LogP contribution in [-0.2, 0) is 0 Å². The lowest BCUT2D eigenvalue weighted by Crippen LogP contribution is -2.05. The first-order chi connectivity index (χ1) is 29.6. The summed E-state index contributed by atoms with van der Waals surface area (Å²) in [5, 5.41) is 6.99. The van der Waals surface area contributed by atoms with E-state index in [0.29, 0.717) is 0 Å². The average molecular weight is 774 g/mol. The van der Waals surface area contributed by atoms with Gasteiger partial charge in [0.2, 0.25) is 0 Å². The molecule has 2 aromatic heterocycles. The van der Waals surface area contributed by atoms with Crippen molar-refractivity contribution in [1.29, 1.82) is 0 Å². The van der Waals surface area contributed by atoms with Gasteiger partial charge in [0.25, 0.3) is 0 Å². The molecule has 0 saturated carbocycles. The van der Waals surface area contributed by atoms with Gasteiger partial charge in [-0.25, -0.2) is 0 Å². The summed E-state index contributed by atoms with van der Waals surface area (Å²) < 4.78 is 13.1. The minimum Gasteiger partial charge on any atom is -0.456 e. The zero-order valence-corrected chi connectivity index (χ0v) is 33.8. The van der Waals surface area contributed by atoms with E-state index in [2.05, 4.69) is 196 Å². The maximum atomic E-state index is 6.62. The van der Waals surface area contributed by atoms with E-state index in [4.69, 9.17) is 13.8 Å². The quantitative estimate of drug-likeness (QED) is 0.169. The van der Waals surface area contributed by atoms with Gasteiger partial charge >= 0.3 is 0 Å². The van der Waals surface area contributed by atoms with Crippen LogP contribution in [0, 0.1) is 5.92 Å². The minimum atomic E-state index is 0.121. The van der Waals surface area contributed by atoms with Gasteiger partial charge in [-0.15, -0.1) is 0 Å². The molecule has 1 atom stereocenters. The van der Waals surface area contributed by atoms with E-state index < -0.39 is 0 Å². The van der Waals surface area contributed by atoms with E-state index in [9.17, 15) is 0 Å². The Morgan fingerprint density at radius 1 is 0.483 bits per heavy atom. The summed E-state index contributed by atoms with van der Waals surface area (Å²) in [6.45, 7) is 4.64. The van der Waals surface area contributed by atoms with E-state index in [1.165, 1.54) is 38.4 Å². The van der Waals surface area contributed by atoms with Crippen molar-refractivity contribution in [2.24, 2.45) is 10.9 Å². The van der Waals surface area contributed by atoms with Crippen LogP contribution in [0.5, 0.6) is 0 Å². The highest BCUT2D eigenvalue weighted by molar-refractivity contribution is 6.17. The fourth-order valence-electron chi connectivity index (χ4n) is 9.55. The van der Waals surface area contributed by atoms with Crippen LogP contribution in [0.4, 0.5) is 0 Å². The van der Waals surface area contributed by atoms with Crippen molar-refractivity contribution in [3.63, 3.8) is 0 Å². The molecule has 10 aromatic rings. The molecule has 0 spiro atoms. The van der Waals surface area contributed by atoms with Crippen LogP contribution >= 0.6 is 0 Å². The third-order valence-electron chi connectivity index (χ3n) is 12.5. The molecule has 3 nitrogen and oxygen atoms in total. The fraction of sp³-hybridized carbons (Fsp3) is 0.105. The largest absolute Gasteiger partial charge is 0.456 e. The summed E-state index contributed by atoms with van der Waals surface area (Å²) in [5.41, 5.74) is 16.5. The van der Waals surface area contributed by atoms with Gasteiger partial charge in [0.15, 0.2) is 0 Å². The van der Waals surface area contributed by atoms with E-state index in [-0.39, 0.29) is 5.92 Å². The van der Waals surface area contributed by atoms with Crippen molar-refractivity contribution < 1.29 is 8.83 Å². The van der Waals surface area contributed by atoms with E-state index in [0.717, 1.165) is 97.0 Å². The standard InChI is InChI=1S/C57H43NO2/c1-3-37-34-50(42-29-28-39-17-7-8-18-40(39)33-42)58-49(32-27-36(2)55(37)48-23-14-26-53-57(48)46-21-11-12-24-51(46)59-53)44-20-10-9-19-43(44)45-22-13-25-52-56(45)47-31-30-41(35-54(47)60-52)38-15-5-4-6-16-38/h4-26,28-31,33-35,37H,3,27,32H2,1-2H3/b50-34-,55-36?,58-49?. The lowest BCUT2D eigenvalue weighted by atomic mass is 9.83. The molecule has 288 valence electrons. The third kappa shape index (κ3) is 6.17. The number of hydrogen-bond donors (Lipinski definition) is 0. The van der Waals surface area contributed by atoms with Gasteiger partial charge < -0.3 is 8.83 Å². The monoisotopic (exact) mass is 773 g/mol. The van der Waals surface area contributed by atoms with Crippen molar-refractivity contribution in [1.82, 2.24) is 0 Å². The van der Waals surface area contributed by atoms with E-state index in [1.54, 1.807) is 0 Å². The Morgan fingerprint density at radius 3 is 1.95 bits per heavy atom. The normalized spacial score (nSPS) is 15.9. The predicted molar refractivity (Wildman–Crippen MR) is 252 cm³/mol. The maximum absolute atomic E-state index is 6.62. The van der Waals surface area contributed by atoms with Crippen LogP contribution in [0.3, 0.4) is 0 Å². The number of fused-ring (bicyclic) bond motifs is 7. The van der Waals surface area contributed by atoms with Crippen molar-refractivity contribution in [2.75, 3.05) is 0 Å². The SMILES string of the molecule is CCC1/C=C(/c2ccc3ccccc3c2)N=C(c2ccccc2-c2cccc3oc4cc(-c5ccccc5)ccc4c23)CCC(C)=C1c1cccc2oc3ccccc3c12. The molecule has 0 N–H and O–H groups in total. The molecule has 11 rings (SSSR count). The second-order valence-corrected chi connectivity index (χ2v) is 16.1. The molecular formula is C57H43NO2. The number of rotatable bonds is 6. The molecule has 0 fully saturated rings. The molecule has 0 aliphatic carbocycles. The molecular weight excluding hydrogens is 731 g/mol. The average Bonchev–Trinajstić information content (AvgIpc) is 3.89. The summed E-state index contributed by atoms with van der Waals surface area (Å²) in [4.78, 5) is 5.78. The lowest BCUT2D eigenvalue weighted by molar-refractivity contribution is 0.668. The molecule has 0 saturated heterocycles. The lowest BCUT2D eigenvalue weighted by Gasteiger charge is -2.21. The Bertz CT molecular complexity index is 3370. The van der Waals surface area contributed by atoms with Gasteiger partial charge in [-0.3, -0.25) is 4.99 Å². The van der Waals surface area contributed by atoms with Crippen molar-refractivity contribution in [3.05, 3.63) is 204 Å². The molecule has 8 aromatic carbocycles. The Hall–Kier alpha value is -7.23. The van der Waals surface area contributed by atoms with Crippen molar-refractivity contribution in [2.45, 2.75) is 33.1 Å². The molecule has 1 aliphatic heterocycles. The molecule has 3 heterocycles. The van der Waals surface area contributed by atoms with Crippen LogP contribution in [0.2, 0.25) is 0 Å². The molecule has 60 heavy (non-hydrogen) atoms. The van der Waals surface area contributed by atoms with Crippen LogP contribution in [0.1, 0.15) is 49.8 Å². The van der Waals surface area contributed by atoms with Gasteiger partial charge in [-0.2, -0.15) is 0 Å². The number of hydrogen-bond acceptors (Lipinski definition) is 3. The third-order valence-corrected chi connectivity index (χ3v) is 12.5. The van der Waals surface area contributed by atoms with Crippen LogP contribution in [0.15, 0.2) is 201 Å². The Balaban J connectivity index is 1.11. The maximum Gasteiger partial charge on any atom is 0.136 e. The molecule has 0 radical (unpaired) electrons. The summed E-state index contributed by atoms with van der Waals surface area (Å²) in [5.74, 6) is 0.121. The predicted octanol–water partition coefficient (Wildman–Crippen LogP) is 16.1. The number of benzene rings is 8. The van der Waals surface area contributed by atoms with Gasteiger partial charge in [0.05, 0.1) is 5.70 Å². The number of allylic oxidation sites excluding steroid dienone is 3. The van der Waals surface area contributed by atoms with Gasteiger partial charge in [0, 0.05) is 44.3 Å². The highest BCUT2D eigenvalue weighted by atomic mass is 16.3. The summed E-state index contributed by atoms with van der Waals surface area (Å²) in [7, 11) is 0. The van der Waals surface area contributed by atoms with E-state index >= 15 is 0 Å². The molecule has 0 bridgehead atoms. The van der Waals surface area contributed by atoms with Crippen LogP contribution in [0.25, 0.3) is 88.2 Å². The highest BCUT2D eigenvalue weighted by Crippen LogP contribution is 2.44. The summed E-state index contributed by atoms with van der Waals surface area (Å²) in [6.07, 6.45) is 5.01. The Kier molecular flexibility index (Phi) is 8.89. The van der Waals surface area contributed by atoms with Crippen molar-refractivity contribution >= 4 is 71.6 Å². The highest BCUT2D eigenvalue weighted by Gasteiger charge is 2.25. The zero-order valence-electron chi connectivity index (χ0n) is 33.8. The number of nitrogens with zero attached hydrogens (tertiary/aromatic N) is 1. The second-order valence-electron chi connectivity index (χ2n) is 16.1. The smallest absolute Gasteiger partial charge is 0.136 e. The first kappa shape index (κ1) is 35.9. The first-order valence-corrected chi connectivity index (χ1v) is 21.1. The zero-order chi connectivity index (χ0) is 40.2. The van der Waals surface area contributed by atoms with E-state index in [1.807, 2.05) is 0 Å². The van der Waals surface area contributed by atoms with Crippen LogP contribution in [-0.4, -0.2) is 5.71 Å². The van der Waals surface area contributed by atoms with Gasteiger partial charge in [0.1, 0.15) is 22.3 Å². The Labute approximate surface area is 349 Å². The van der Waals surface area contributed by atoms with Gasteiger partial charge in [-0.05, 0) is 107 Å². The topological polar surface area (TPSA) is 38.6 Å². The summed E-state index contributed by atoms with van der Waals surface area (Å²) in [6, 6.07) is 62.7.